The van der Waals surface area contributed by atoms with Crippen molar-refractivity contribution < 1.29 is 10.0 Å². The number of rotatable bonds is 5. The second kappa shape index (κ2) is 5.85. The fourth-order valence-corrected chi connectivity index (χ4v) is 2.45. The van der Waals surface area contributed by atoms with Gasteiger partial charge in [0.1, 0.15) is 0 Å². The van der Waals surface area contributed by atoms with Crippen LogP contribution in [-0.2, 0) is 0 Å². The van der Waals surface area contributed by atoms with E-state index < -0.39 is 4.92 Å². The van der Waals surface area contributed by atoms with E-state index in [-0.39, 0.29) is 12.3 Å². The smallest absolute Gasteiger partial charge is 0.273 e. The summed E-state index contributed by atoms with van der Waals surface area (Å²) in [7, 11) is 0. The van der Waals surface area contributed by atoms with Crippen LogP contribution in [0.5, 0.6) is 0 Å². The Morgan fingerprint density at radius 2 is 2.32 bits per heavy atom. The SMILES string of the molecule is NNc1cc(N2CCC(CCO)C2)cc([N+](=O)[O-])c1. The van der Waals surface area contributed by atoms with E-state index in [2.05, 4.69) is 10.3 Å². The average Bonchev–Trinajstić information content (AvgIpc) is 2.87. The lowest BCUT2D eigenvalue weighted by molar-refractivity contribution is -0.384. The molecule has 0 spiro atoms. The van der Waals surface area contributed by atoms with E-state index in [0.29, 0.717) is 11.6 Å². The fraction of sp³-hybridized carbons (Fsp3) is 0.500. The average molecular weight is 266 g/mol. The second-order valence-electron chi connectivity index (χ2n) is 4.75. The molecule has 0 radical (unpaired) electrons. The number of nitro benzene ring substituents is 1. The lowest BCUT2D eigenvalue weighted by atomic mass is 10.1. The lowest BCUT2D eigenvalue weighted by Crippen LogP contribution is -2.20. The number of non-ortho nitro benzene ring substituents is 1. The summed E-state index contributed by atoms with van der Waals surface area (Å²) >= 11 is 0. The molecule has 1 atom stereocenters. The summed E-state index contributed by atoms with van der Waals surface area (Å²) in [6.45, 7) is 1.84. The molecule has 1 aliphatic heterocycles. The maximum Gasteiger partial charge on any atom is 0.273 e. The Bertz CT molecular complexity index is 466. The molecular formula is C12H18N4O3. The van der Waals surface area contributed by atoms with Crippen LogP contribution in [0.1, 0.15) is 12.8 Å². The first kappa shape index (κ1) is 13.6. The summed E-state index contributed by atoms with van der Waals surface area (Å²) < 4.78 is 0. The summed E-state index contributed by atoms with van der Waals surface area (Å²) in [5, 5.41) is 19.8. The molecule has 0 amide bonds. The highest BCUT2D eigenvalue weighted by molar-refractivity contribution is 5.64. The van der Waals surface area contributed by atoms with Crippen molar-refractivity contribution in [1.29, 1.82) is 0 Å². The van der Waals surface area contributed by atoms with Crippen LogP contribution in [0.3, 0.4) is 0 Å². The molecule has 0 bridgehead atoms. The first-order chi connectivity index (χ1) is 9.13. The molecule has 4 N–H and O–H groups in total. The highest BCUT2D eigenvalue weighted by Gasteiger charge is 2.23. The van der Waals surface area contributed by atoms with Gasteiger partial charge in [-0.2, -0.15) is 0 Å². The van der Waals surface area contributed by atoms with Gasteiger partial charge in [0.05, 0.1) is 10.6 Å². The zero-order valence-electron chi connectivity index (χ0n) is 10.6. The third-order valence-corrected chi connectivity index (χ3v) is 3.47. The van der Waals surface area contributed by atoms with Crippen LogP contribution >= 0.6 is 0 Å². The molecule has 1 aliphatic rings. The molecule has 1 fully saturated rings. The van der Waals surface area contributed by atoms with Gasteiger partial charge in [-0.3, -0.25) is 16.0 Å². The van der Waals surface area contributed by atoms with Crippen molar-refractivity contribution in [2.24, 2.45) is 11.8 Å². The Labute approximate surface area is 111 Å². The Morgan fingerprint density at radius 3 is 2.95 bits per heavy atom. The molecular weight excluding hydrogens is 248 g/mol. The van der Waals surface area contributed by atoms with Crippen LogP contribution in [0, 0.1) is 16.0 Å². The number of aliphatic hydroxyl groups is 1. The molecule has 2 rings (SSSR count). The minimum absolute atomic E-state index is 0.0241. The van der Waals surface area contributed by atoms with Crippen molar-refractivity contribution in [3.8, 4) is 0 Å². The second-order valence-corrected chi connectivity index (χ2v) is 4.75. The maximum atomic E-state index is 10.9. The van der Waals surface area contributed by atoms with Gasteiger partial charge in [0, 0.05) is 37.5 Å². The minimum Gasteiger partial charge on any atom is -0.396 e. The Kier molecular flexibility index (Phi) is 4.18. The monoisotopic (exact) mass is 266 g/mol. The predicted octanol–water partition coefficient (Wildman–Crippen LogP) is 1.09. The van der Waals surface area contributed by atoms with Crippen LogP contribution in [0.4, 0.5) is 17.1 Å². The molecule has 1 unspecified atom stereocenters. The zero-order chi connectivity index (χ0) is 13.8. The van der Waals surface area contributed by atoms with Crippen molar-refractivity contribution in [2.75, 3.05) is 30.0 Å². The first-order valence-corrected chi connectivity index (χ1v) is 6.26. The topological polar surface area (TPSA) is 105 Å². The van der Waals surface area contributed by atoms with Crippen molar-refractivity contribution in [1.82, 2.24) is 0 Å². The Balaban J connectivity index is 2.20. The summed E-state index contributed by atoms with van der Waals surface area (Å²) in [4.78, 5) is 12.6. The summed E-state index contributed by atoms with van der Waals surface area (Å²) in [6, 6.07) is 4.77. The van der Waals surface area contributed by atoms with Crippen molar-refractivity contribution in [3.05, 3.63) is 28.3 Å². The summed E-state index contributed by atoms with van der Waals surface area (Å²) in [5.74, 6) is 5.78. The lowest BCUT2D eigenvalue weighted by Gasteiger charge is -2.19. The number of nitrogens with zero attached hydrogens (tertiary/aromatic N) is 2. The maximum absolute atomic E-state index is 10.9. The van der Waals surface area contributed by atoms with Gasteiger partial charge in [-0.1, -0.05) is 0 Å². The van der Waals surface area contributed by atoms with Crippen LogP contribution in [0.25, 0.3) is 0 Å². The fourth-order valence-electron chi connectivity index (χ4n) is 2.45. The number of aliphatic hydroxyl groups excluding tert-OH is 1. The van der Waals surface area contributed by atoms with Gasteiger partial charge in [-0.05, 0) is 24.8 Å². The van der Waals surface area contributed by atoms with Crippen LogP contribution in [-0.4, -0.2) is 29.7 Å². The molecule has 7 nitrogen and oxygen atoms in total. The molecule has 7 heteroatoms. The summed E-state index contributed by atoms with van der Waals surface area (Å²) in [6.07, 6.45) is 1.77. The van der Waals surface area contributed by atoms with Gasteiger partial charge < -0.3 is 15.4 Å². The van der Waals surface area contributed by atoms with Crippen molar-refractivity contribution >= 4 is 17.1 Å². The van der Waals surface area contributed by atoms with Gasteiger partial charge in [0.15, 0.2) is 0 Å². The molecule has 0 saturated carbocycles. The number of nitrogens with one attached hydrogen (secondary N) is 1. The number of nitro groups is 1. The molecule has 1 saturated heterocycles. The first-order valence-electron chi connectivity index (χ1n) is 6.26. The molecule has 0 aliphatic carbocycles. The van der Waals surface area contributed by atoms with Gasteiger partial charge in [0.2, 0.25) is 0 Å². The van der Waals surface area contributed by atoms with Crippen LogP contribution in [0.2, 0.25) is 0 Å². The van der Waals surface area contributed by atoms with E-state index in [1.54, 1.807) is 12.1 Å². The molecule has 1 heterocycles. The molecule has 1 aromatic rings. The molecule has 104 valence electrons. The molecule has 1 aromatic carbocycles. The van der Waals surface area contributed by atoms with E-state index >= 15 is 0 Å². The highest BCUT2D eigenvalue weighted by Crippen LogP contribution is 2.31. The van der Waals surface area contributed by atoms with E-state index in [1.807, 2.05) is 0 Å². The number of hydrazine groups is 1. The largest absolute Gasteiger partial charge is 0.396 e. The van der Waals surface area contributed by atoms with Crippen molar-refractivity contribution in [2.45, 2.75) is 12.8 Å². The highest BCUT2D eigenvalue weighted by atomic mass is 16.6. The number of anilines is 2. The molecule has 0 aromatic heterocycles. The minimum atomic E-state index is -0.425. The Morgan fingerprint density at radius 1 is 1.53 bits per heavy atom. The summed E-state index contributed by atoms with van der Waals surface area (Å²) in [5.41, 5.74) is 3.79. The Hall–Kier alpha value is -1.86. The van der Waals surface area contributed by atoms with E-state index in [9.17, 15) is 10.1 Å². The van der Waals surface area contributed by atoms with Gasteiger partial charge in [0.25, 0.3) is 5.69 Å². The van der Waals surface area contributed by atoms with E-state index in [4.69, 9.17) is 10.9 Å². The van der Waals surface area contributed by atoms with Gasteiger partial charge in [-0.15, -0.1) is 0 Å². The zero-order valence-corrected chi connectivity index (χ0v) is 10.6. The predicted molar refractivity (Wildman–Crippen MR) is 72.9 cm³/mol. The van der Waals surface area contributed by atoms with E-state index in [1.165, 1.54) is 6.07 Å². The normalized spacial score (nSPS) is 18.6. The van der Waals surface area contributed by atoms with Gasteiger partial charge in [-0.25, -0.2) is 0 Å². The van der Waals surface area contributed by atoms with Crippen LogP contribution in [0.15, 0.2) is 18.2 Å². The number of nitrogen functional groups attached to an aromatic ring is 1. The number of benzene rings is 1. The number of nitrogens with two attached hydrogens (primary N) is 1. The van der Waals surface area contributed by atoms with Crippen molar-refractivity contribution in [3.63, 3.8) is 0 Å². The third kappa shape index (κ3) is 3.12. The third-order valence-electron chi connectivity index (χ3n) is 3.47. The van der Waals surface area contributed by atoms with Crippen LogP contribution < -0.4 is 16.2 Å². The number of hydrogen-bond acceptors (Lipinski definition) is 6. The number of hydrogen-bond donors (Lipinski definition) is 3. The van der Waals surface area contributed by atoms with E-state index in [0.717, 1.165) is 31.6 Å². The molecule has 19 heavy (non-hydrogen) atoms. The standard InChI is InChI=1S/C12H18N4O3/c13-14-10-5-11(7-12(6-10)16(18)19)15-3-1-9(8-15)2-4-17/h5-7,9,14,17H,1-4,8,13H2. The quantitative estimate of drug-likeness (QED) is 0.418. The van der Waals surface area contributed by atoms with Gasteiger partial charge >= 0.3 is 0 Å².